The molecule has 1 aliphatic rings. The number of hydrogen-bond acceptors (Lipinski definition) is 5. The number of hydrogen-bond donors (Lipinski definition) is 1. The predicted molar refractivity (Wildman–Crippen MR) is 105 cm³/mol. The number of piperazine rings is 1. The molecule has 25 heavy (non-hydrogen) atoms. The summed E-state index contributed by atoms with van der Waals surface area (Å²) in [6.07, 6.45) is 3.55. The Labute approximate surface area is 153 Å². The Morgan fingerprint density at radius 1 is 1.24 bits per heavy atom. The van der Waals surface area contributed by atoms with Gasteiger partial charge in [0.25, 0.3) is 0 Å². The number of aromatic nitrogens is 2. The maximum Gasteiger partial charge on any atom is 0.225 e. The zero-order chi connectivity index (χ0) is 18.3. The molecule has 1 fully saturated rings. The van der Waals surface area contributed by atoms with Crippen molar-refractivity contribution < 1.29 is 4.21 Å². The molecule has 0 bridgehead atoms. The van der Waals surface area contributed by atoms with Crippen LogP contribution in [0.1, 0.15) is 27.7 Å². The van der Waals surface area contributed by atoms with Gasteiger partial charge in [0.15, 0.2) is 5.96 Å². The second kappa shape index (κ2) is 9.12. The number of anilines is 1. The predicted octanol–water partition coefficient (Wildman–Crippen LogP) is 1.11. The molecule has 1 aliphatic heterocycles. The molecule has 1 unspecified atom stereocenters. The maximum absolute atomic E-state index is 12.2. The van der Waals surface area contributed by atoms with Crippen LogP contribution in [0.2, 0.25) is 0 Å². The highest BCUT2D eigenvalue weighted by Crippen LogP contribution is 2.12. The molecular formula is C17H30N6OS. The van der Waals surface area contributed by atoms with E-state index in [1.165, 1.54) is 0 Å². The molecule has 1 aromatic heterocycles. The normalized spacial score (nSPS) is 17.5. The van der Waals surface area contributed by atoms with Gasteiger partial charge in [0.05, 0.1) is 6.54 Å². The highest BCUT2D eigenvalue weighted by molar-refractivity contribution is 7.86. The highest BCUT2D eigenvalue weighted by Gasteiger charge is 2.22. The third-order valence-corrected chi connectivity index (χ3v) is 5.89. The van der Waals surface area contributed by atoms with Crippen molar-refractivity contribution in [2.75, 3.05) is 49.9 Å². The van der Waals surface area contributed by atoms with E-state index in [4.69, 9.17) is 0 Å². The summed E-state index contributed by atoms with van der Waals surface area (Å²) in [6.45, 7) is 12.9. The van der Waals surface area contributed by atoms with Gasteiger partial charge in [-0.25, -0.2) is 9.97 Å². The van der Waals surface area contributed by atoms with E-state index in [-0.39, 0.29) is 4.75 Å². The van der Waals surface area contributed by atoms with Crippen LogP contribution in [-0.4, -0.2) is 74.8 Å². The second-order valence-corrected chi connectivity index (χ2v) is 9.24. The van der Waals surface area contributed by atoms with Crippen LogP contribution < -0.4 is 10.2 Å². The number of nitrogens with zero attached hydrogens (tertiary/aromatic N) is 5. The number of aliphatic imine (C=N–C) groups is 1. The largest absolute Gasteiger partial charge is 0.357 e. The van der Waals surface area contributed by atoms with Crippen LogP contribution in [0.4, 0.5) is 5.95 Å². The summed E-state index contributed by atoms with van der Waals surface area (Å²) in [7, 11) is -0.871. The van der Waals surface area contributed by atoms with Gasteiger partial charge in [-0.05, 0) is 33.8 Å². The molecule has 0 saturated carbocycles. The average Bonchev–Trinajstić information content (AvgIpc) is 2.61. The minimum atomic E-state index is -0.871. The monoisotopic (exact) mass is 366 g/mol. The van der Waals surface area contributed by atoms with Crippen molar-refractivity contribution in [1.29, 1.82) is 0 Å². The van der Waals surface area contributed by atoms with Crippen molar-refractivity contribution in [3.05, 3.63) is 18.5 Å². The van der Waals surface area contributed by atoms with Gasteiger partial charge in [0.2, 0.25) is 5.95 Å². The van der Waals surface area contributed by atoms with E-state index in [0.29, 0.717) is 12.3 Å². The summed E-state index contributed by atoms with van der Waals surface area (Å²) in [5.74, 6) is 2.28. The fraction of sp³-hybridized carbons (Fsp3) is 0.706. The fourth-order valence-corrected chi connectivity index (χ4v) is 3.41. The van der Waals surface area contributed by atoms with E-state index >= 15 is 0 Å². The molecule has 0 spiro atoms. The highest BCUT2D eigenvalue weighted by atomic mass is 32.2. The second-order valence-electron chi connectivity index (χ2n) is 6.92. The average molecular weight is 367 g/mol. The first-order chi connectivity index (χ1) is 11.9. The van der Waals surface area contributed by atoms with Crippen LogP contribution >= 0.6 is 0 Å². The molecule has 2 rings (SSSR count). The lowest BCUT2D eigenvalue weighted by Crippen LogP contribution is -2.53. The Kier molecular flexibility index (Phi) is 7.16. The van der Waals surface area contributed by atoms with Gasteiger partial charge in [0.1, 0.15) is 0 Å². The van der Waals surface area contributed by atoms with Crippen LogP contribution in [0.5, 0.6) is 0 Å². The Morgan fingerprint density at radius 2 is 1.88 bits per heavy atom. The van der Waals surface area contributed by atoms with Gasteiger partial charge in [-0.3, -0.25) is 9.20 Å². The number of rotatable bonds is 5. The van der Waals surface area contributed by atoms with Crippen molar-refractivity contribution in [1.82, 2.24) is 20.2 Å². The zero-order valence-electron chi connectivity index (χ0n) is 15.7. The molecule has 8 heteroatoms. The molecule has 0 aromatic carbocycles. The SMILES string of the molecule is CCNC(=NCCS(=O)C(C)(C)C)N1CCN(c2ncccn2)CC1. The molecule has 140 valence electrons. The van der Waals surface area contributed by atoms with Crippen LogP contribution in [0.15, 0.2) is 23.5 Å². The number of nitrogens with one attached hydrogen (secondary N) is 1. The maximum atomic E-state index is 12.2. The zero-order valence-corrected chi connectivity index (χ0v) is 16.6. The quantitative estimate of drug-likeness (QED) is 0.622. The summed E-state index contributed by atoms with van der Waals surface area (Å²) in [6, 6.07) is 1.83. The van der Waals surface area contributed by atoms with E-state index in [2.05, 4.69) is 37.0 Å². The van der Waals surface area contributed by atoms with E-state index < -0.39 is 10.8 Å². The Bertz CT molecular complexity index is 579. The lowest BCUT2D eigenvalue weighted by atomic mass is 10.3. The minimum absolute atomic E-state index is 0.185. The standard InChI is InChI=1S/C17H30N6OS/c1-5-18-15(21-9-14-25(24)17(2,3)4)22-10-12-23(13-11-22)16-19-7-6-8-20-16/h6-8H,5,9-14H2,1-4H3,(H,18,21). The fourth-order valence-electron chi connectivity index (χ4n) is 2.54. The summed E-state index contributed by atoms with van der Waals surface area (Å²) < 4.78 is 12.0. The molecule has 0 aliphatic carbocycles. The molecule has 7 nitrogen and oxygen atoms in total. The lowest BCUT2D eigenvalue weighted by molar-refractivity contribution is 0.370. The van der Waals surface area contributed by atoms with Crippen LogP contribution in [0.25, 0.3) is 0 Å². The molecule has 1 aromatic rings. The summed E-state index contributed by atoms with van der Waals surface area (Å²) in [4.78, 5) is 17.8. The topological polar surface area (TPSA) is 73.7 Å². The van der Waals surface area contributed by atoms with E-state index in [1.54, 1.807) is 12.4 Å². The smallest absolute Gasteiger partial charge is 0.225 e. The van der Waals surface area contributed by atoms with E-state index in [0.717, 1.165) is 44.6 Å². The van der Waals surface area contributed by atoms with Crippen molar-refractivity contribution >= 4 is 22.7 Å². The lowest BCUT2D eigenvalue weighted by Gasteiger charge is -2.36. The Hall–Kier alpha value is -1.70. The van der Waals surface area contributed by atoms with E-state index in [9.17, 15) is 4.21 Å². The Balaban J connectivity index is 1.90. The van der Waals surface area contributed by atoms with Crippen molar-refractivity contribution in [2.45, 2.75) is 32.4 Å². The van der Waals surface area contributed by atoms with Gasteiger partial charge in [-0.1, -0.05) is 0 Å². The van der Waals surface area contributed by atoms with Crippen LogP contribution in [-0.2, 0) is 10.8 Å². The third-order valence-electron chi connectivity index (χ3n) is 3.97. The van der Waals surface area contributed by atoms with Gasteiger partial charge < -0.3 is 15.1 Å². The first-order valence-electron chi connectivity index (χ1n) is 8.85. The summed E-state index contributed by atoms with van der Waals surface area (Å²) in [5.41, 5.74) is 0. The van der Waals surface area contributed by atoms with Crippen molar-refractivity contribution in [3.63, 3.8) is 0 Å². The molecule has 0 amide bonds. The van der Waals surface area contributed by atoms with Gasteiger partial charge in [-0.15, -0.1) is 0 Å². The molecule has 2 heterocycles. The van der Waals surface area contributed by atoms with Crippen molar-refractivity contribution in [3.8, 4) is 0 Å². The minimum Gasteiger partial charge on any atom is -0.357 e. The van der Waals surface area contributed by atoms with Crippen LogP contribution in [0, 0.1) is 0 Å². The Morgan fingerprint density at radius 3 is 2.44 bits per heavy atom. The summed E-state index contributed by atoms with van der Waals surface area (Å²) in [5, 5.41) is 3.35. The van der Waals surface area contributed by atoms with Gasteiger partial charge in [-0.2, -0.15) is 0 Å². The molecule has 1 saturated heterocycles. The van der Waals surface area contributed by atoms with Crippen LogP contribution in [0.3, 0.4) is 0 Å². The molecule has 1 atom stereocenters. The van der Waals surface area contributed by atoms with Gasteiger partial charge >= 0.3 is 0 Å². The van der Waals surface area contributed by atoms with Crippen molar-refractivity contribution in [2.24, 2.45) is 4.99 Å². The molecule has 0 radical (unpaired) electrons. The van der Waals surface area contributed by atoms with Gasteiger partial charge in [0, 0.05) is 66.4 Å². The summed E-state index contributed by atoms with van der Waals surface area (Å²) >= 11 is 0. The number of guanidine groups is 1. The van der Waals surface area contributed by atoms with E-state index in [1.807, 2.05) is 26.8 Å². The first kappa shape index (κ1) is 19.6. The first-order valence-corrected chi connectivity index (χ1v) is 10.2. The molecular weight excluding hydrogens is 336 g/mol. The third kappa shape index (κ3) is 5.95. The molecule has 1 N–H and O–H groups in total.